The molecule has 0 aliphatic carbocycles. The molecule has 0 heterocycles. The van der Waals surface area contributed by atoms with E-state index in [2.05, 4.69) is 13.8 Å². The normalized spacial score (nSPS) is 10.4. The van der Waals surface area contributed by atoms with Crippen LogP contribution in [0.15, 0.2) is 0 Å². The fourth-order valence-corrected chi connectivity index (χ4v) is 4.59. The Bertz CT molecular complexity index is 403. The van der Waals surface area contributed by atoms with Crippen molar-refractivity contribution < 1.29 is 36.3 Å². The molecule has 0 amide bonds. The first-order valence-corrected chi connectivity index (χ1v) is 16.0. The number of carboxylic acid groups (broad SMARTS) is 2. The number of rotatable bonds is 28. The van der Waals surface area contributed by atoms with Crippen LogP contribution in [-0.4, -0.2) is 22.2 Å². The molecule has 0 atom stereocenters. The van der Waals surface area contributed by atoms with Gasteiger partial charge in [-0.15, -0.1) is 0 Å². The van der Waals surface area contributed by atoms with E-state index < -0.39 is 11.9 Å². The van der Waals surface area contributed by atoms with E-state index in [0.717, 1.165) is 25.7 Å². The Morgan fingerprint density at radius 3 is 0.676 bits per heavy atom. The van der Waals surface area contributed by atoms with Crippen molar-refractivity contribution in [2.75, 3.05) is 0 Å². The third-order valence-corrected chi connectivity index (χ3v) is 6.99. The summed E-state index contributed by atoms with van der Waals surface area (Å²) < 4.78 is 0. The van der Waals surface area contributed by atoms with Gasteiger partial charge in [-0.1, -0.05) is 168 Å². The number of unbranched alkanes of at least 4 members (excludes halogenated alkanes) is 24. The van der Waals surface area contributed by atoms with Gasteiger partial charge in [-0.05, 0) is 12.8 Å². The molecule has 5 heteroatoms. The first kappa shape index (κ1) is 40.9. The second-order valence-corrected chi connectivity index (χ2v) is 10.8. The monoisotopic (exact) mass is 570 g/mol. The van der Waals surface area contributed by atoms with Crippen LogP contribution in [0.25, 0.3) is 0 Å². The van der Waals surface area contributed by atoms with E-state index in [9.17, 15) is 9.59 Å². The van der Waals surface area contributed by atoms with Crippen LogP contribution < -0.4 is 0 Å². The average Bonchev–Trinajstić information content (AvgIpc) is 2.85. The molecule has 0 saturated carbocycles. The van der Waals surface area contributed by atoms with Gasteiger partial charge in [0.25, 0.3) is 0 Å². The van der Waals surface area contributed by atoms with Gasteiger partial charge in [0.15, 0.2) is 0 Å². The van der Waals surface area contributed by atoms with E-state index in [-0.39, 0.29) is 16.5 Å². The summed E-state index contributed by atoms with van der Waals surface area (Å²) in [5.74, 6) is -1.31. The van der Waals surface area contributed by atoms with Crippen molar-refractivity contribution in [2.45, 2.75) is 194 Å². The van der Waals surface area contributed by atoms with Gasteiger partial charge in [0.2, 0.25) is 0 Å². The van der Waals surface area contributed by atoms with Gasteiger partial charge < -0.3 is 10.2 Å². The molecule has 0 spiro atoms. The fraction of sp³-hybridized carbons (Fsp3) is 0.938. The molecule has 0 radical (unpaired) electrons. The van der Waals surface area contributed by atoms with E-state index in [1.807, 2.05) is 0 Å². The molecular weight excluding hydrogens is 507 g/mol. The molecule has 0 rings (SSSR count). The van der Waals surface area contributed by atoms with E-state index in [1.165, 1.54) is 141 Å². The van der Waals surface area contributed by atoms with Gasteiger partial charge >= 0.3 is 11.9 Å². The Kier molecular flexibility index (Phi) is 41.6. The minimum absolute atomic E-state index is 0. The van der Waals surface area contributed by atoms with Crippen molar-refractivity contribution in [3.8, 4) is 0 Å². The quantitative estimate of drug-likeness (QED) is 0.0724. The predicted molar refractivity (Wildman–Crippen MR) is 156 cm³/mol. The van der Waals surface area contributed by atoms with Crippen LogP contribution in [0, 0.1) is 0 Å². The first-order valence-electron chi connectivity index (χ1n) is 16.0. The van der Waals surface area contributed by atoms with Crippen LogP contribution in [0.4, 0.5) is 0 Å². The largest absolute Gasteiger partial charge is 0.481 e. The summed E-state index contributed by atoms with van der Waals surface area (Å²) in [5, 5.41) is 17.0. The van der Waals surface area contributed by atoms with Gasteiger partial charge in [0, 0.05) is 29.3 Å². The van der Waals surface area contributed by atoms with E-state index in [1.54, 1.807) is 0 Å². The Labute approximate surface area is 241 Å². The van der Waals surface area contributed by atoms with E-state index >= 15 is 0 Å². The molecule has 0 aromatic carbocycles. The van der Waals surface area contributed by atoms with Gasteiger partial charge in [-0.3, -0.25) is 9.59 Å². The van der Waals surface area contributed by atoms with Gasteiger partial charge in [-0.2, -0.15) is 0 Å². The zero-order valence-electron chi connectivity index (χ0n) is 24.8. The number of carboxylic acids is 2. The summed E-state index contributed by atoms with van der Waals surface area (Å²) in [6.07, 6.45) is 34.5. The van der Waals surface area contributed by atoms with Crippen molar-refractivity contribution >= 4 is 11.9 Å². The third-order valence-electron chi connectivity index (χ3n) is 6.99. The van der Waals surface area contributed by atoms with Crippen LogP contribution in [0.1, 0.15) is 194 Å². The predicted octanol–water partition coefficient (Wildman–Crippen LogP) is 11.1. The van der Waals surface area contributed by atoms with Crippen LogP contribution in [0.5, 0.6) is 0 Å². The first-order chi connectivity index (χ1) is 17.5. The molecule has 0 aliphatic rings. The molecule has 0 bridgehead atoms. The summed E-state index contributed by atoms with van der Waals surface area (Å²) in [6.45, 7) is 4.52. The SMILES string of the molecule is CCCCCCCCCCCCCCCC(=O)O.CCCCCCCCCCCCCCCC(=O)O.[Ni]. The standard InChI is InChI=1S/2C16H32O2.Ni/c2*1-2-3-4-5-6-7-8-9-10-11-12-13-14-15-16(17)18;/h2*2-15H2,1H3,(H,17,18);. The van der Waals surface area contributed by atoms with E-state index in [4.69, 9.17) is 10.2 Å². The van der Waals surface area contributed by atoms with Crippen molar-refractivity contribution in [2.24, 2.45) is 0 Å². The van der Waals surface area contributed by atoms with Crippen LogP contribution >= 0.6 is 0 Å². The number of hydrogen-bond donors (Lipinski definition) is 2. The summed E-state index contributed by atoms with van der Waals surface area (Å²) in [5.41, 5.74) is 0. The van der Waals surface area contributed by atoms with Gasteiger partial charge in [-0.25, -0.2) is 0 Å². The maximum atomic E-state index is 10.3. The smallest absolute Gasteiger partial charge is 0.303 e. The maximum Gasteiger partial charge on any atom is 0.303 e. The molecule has 4 nitrogen and oxygen atoms in total. The summed E-state index contributed by atoms with van der Waals surface area (Å²) in [4.78, 5) is 20.6. The molecule has 0 unspecified atom stereocenters. The van der Waals surface area contributed by atoms with Gasteiger partial charge in [0.05, 0.1) is 0 Å². The van der Waals surface area contributed by atoms with Crippen LogP contribution in [0.2, 0.25) is 0 Å². The minimum Gasteiger partial charge on any atom is -0.481 e. The average molecular weight is 572 g/mol. The second-order valence-electron chi connectivity index (χ2n) is 10.8. The van der Waals surface area contributed by atoms with Crippen molar-refractivity contribution in [1.82, 2.24) is 0 Å². The zero-order valence-corrected chi connectivity index (χ0v) is 25.8. The Morgan fingerprint density at radius 2 is 0.514 bits per heavy atom. The molecule has 0 aromatic heterocycles. The Balaban J connectivity index is -0.000000608. The number of carbonyl (C=O) groups is 2. The van der Waals surface area contributed by atoms with Crippen molar-refractivity contribution in [3.05, 3.63) is 0 Å². The fourth-order valence-electron chi connectivity index (χ4n) is 4.59. The molecule has 226 valence electrons. The molecule has 37 heavy (non-hydrogen) atoms. The summed E-state index contributed by atoms with van der Waals surface area (Å²) >= 11 is 0. The Hall–Kier alpha value is -0.566. The summed E-state index contributed by atoms with van der Waals surface area (Å²) in [6, 6.07) is 0. The number of aliphatic carboxylic acids is 2. The minimum atomic E-state index is -0.655. The molecule has 0 aliphatic heterocycles. The Morgan fingerprint density at radius 1 is 0.351 bits per heavy atom. The molecular formula is C32H64NiO4. The van der Waals surface area contributed by atoms with Crippen molar-refractivity contribution in [1.29, 1.82) is 0 Å². The molecule has 0 saturated heterocycles. The van der Waals surface area contributed by atoms with Gasteiger partial charge in [0.1, 0.15) is 0 Å². The van der Waals surface area contributed by atoms with Crippen molar-refractivity contribution in [3.63, 3.8) is 0 Å². The van der Waals surface area contributed by atoms with E-state index in [0.29, 0.717) is 12.8 Å². The third kappa shape index (κ3) is 45.7. The van der Waals surface area contributed by atoms with Crippen LogP contribution in [-0.2, 0) is 26.1 Å². The molecule has 2 N–H and O–H groups in total. The molecule has 0 aromatic rings. The number of hydrogen-bond acceptors (Lipinski definition) is 2. The maximum absolute atomic E-state index is 10.3. The molecule has 0 fully saturated rings. The second kappa shape index (κ2) is 37.6. The topological polar surface area (TPSA) is 74.6 Å². The summed E-state index contributed by atoms with van der Waals surface area (Å²) in [7, 11) is 0. The zero-order chi connectivity index (χ0) is 27.0. The van der Waals surface area contributed by atoms with Crippen LogP contribution in [0.3, 0.4) is 0 Å².